The van der Waals surface area contributed by atoms with Crippen LogP contribution in [-0.2, 0) is 20.7 Å². The summed E-state index contributed by atoms with van der Waals surface area (Å²) >= 11 is 0. The number of hydrogen-bond acceptors (Lipinski definition) is 7. The van der Waals surface area contributed by atoms with Gasteiger partial charge in [-0.25, -0.2) is 4.79 Å². The predicted octanol–water partition coefficient (Wildman–Crippen LogP) is 2.00. The van der Waals surface area contributed by atoms with Crippen molar-refractivity contribution in [2.24, 2.45) is 0 Å². The van der Waals surface area contributed by atoms with Gasteiger partial charge in [-0.15, -0.1) is 0 Å². The highest BCUT2D eigenvalue weighted by molar-refractivity contribution is 5.91. The summed E-state index contributed by atoms with van der Waals surface area (Å²) in [5, 5.41) is 16.3. The minimum Gasteiger partial charge on any atom is -0.444 e. The Morgan fingerprint density at radius 1 is 1.39 bits per heavy atom. The predicted molar refractivity (Wildman–Crippen MR) is 96.5 cm³/mol. The van der Waals surface area contributed by atoms with Crippen LogP contribution >= 0.6 is 0 Å². The van der Waals surface area contributed by atoms with Crippen LogP contribution in [0.25, 0.3) is 0 Å². The highest BCUT2D eigenvalue weighted by Gasteiger charge is 2.40. The number of aromatic amines is 1. The standard InChI is InChI=1S/C18H23N5O5/c1-10-5-11(28-23-10)7-16(24)19-15-8-13(21-22-15)14-6-12(9-26-14)27-17(25)20-18(2)3-4-18/h5,8,12,14H,3-4,6-7,9H2,1-2H3,(H,20,25)(H2,19,21,22,24)/t12-,14+/m0/s1. The zero-order valence-electron chi connectivity index (χ0n) is 15.8. The fraction of sp³-hybridized carbons (Fsp3) is 0.556. The van der Waals surface area contributed by atoms with Crippen LogP contribution in [0.1, 0.15) is 49.4 Å². The van der Waals surface area contributed by atoms with Crippen molar-refractivity contribution in [2.75, 3.05) is 11.9 Å². The molecule has 1 saturated carbocycles. The van der Waals surface area contributed by atoms with Crippen molar-refractivity contribution in [2.45, 2.75) is 57.3 Å². The van der Waals surface area contributed by atoms with E-state index in [4.69, 9.17) is 14.0 Å². The fourth-order valence-corrected chi connectivity index (χ4v) is 3.05. The maximum Gasteiger partial charge on any atom is 0.407 e. The lowest BCUT2D eigenvalue weighted by atomic mass is 10.1. The zero-order valence-corrected chi connectivity index (χ0v) is 15.8. The summed E-state index contributed by atoms with van der Waals surface area (Å²) in [6, 6.07) is 3.42. The van der Waals surface area contributed by atoms with Crippen LogP contribution in [0.5, 0.6) is 0 Å². The minimum atomic E-state index is -0.408. The van der Waals surface area contributed by atoms with E-state index in [1.807, 2.05) is 6.92 Å². The third kappa shape index (κ3) is 4.50. The molecule has 2 atom stereocenters. The van der Waals surface area contributed by atoms with Gasteiger partial charge in [0.05, 0.1) is 24.4 Å². The first-order chi connectivity index (χ1) is 13.4. The first kappa shape index (κ1) is 18.5. The van der Waals surface area contributed by atoms with E-state index in [1.54, 1.807) is 19.1 Å². The topological polar surface area (TPSA) is 131 Å². The Morgan fingerprint density at radius 2 is 2.21 bits per heavy atom. The minimum absolute atomic E-state index is 0.0763. The number of hydrogen-bond donors (Lipinski definition) is 3. The average molecular weight is 389 g/mol. The normalized spacial score (nSPS) is 22.6. The second kappa shape index (κ2) is 7.27. The van der Waals surface area contributed by atoms with E-state index in [0.717, 1.165) is 18.5 Å². The average Bonchev–Trinajstić information content (AvgIpc) is 3.05. The molecule has 2 aromatic heterocycles. The Labute approximate surface area is 161 Å². The number of aromatic nitrogens is 3. The molecule has 10 heteroatoms. The molecule has 1 aliphatic carbocycles. The number of carbonyl (C=O) groups excluding carboxylic acids is 2. The lowest BCUT2D eigenvalue weighted by Gasteiger charge is -2.15. The number of aryl methyl sites for hydroxylation is 1. The van der Waals surface area contributed by atoms with Gasteiger partial charge >= 0.3 is 6.09 Å². The van der Waals surface area contributed by atoms with Crippen LogP contribution in [0.15, 0.2) is 16.7 Å². The summed E-state index contributed by atoms with van der Waals surface area (Å²) in [6.07, 6.45) is 1.56. The van der Waals surface area contributed by atoms with Crippen molar-refractivity contribution in [3.63, 3.8) is 0 Å². The van der Waals surface area contributed by atoms with E-state index in [1.165, 1.54) is 0 Å². The van der Waals surface area contributed by atoms with Gasteiger partial charge in [-0.05, 0) is 26.7 Å². The van der Waals surface area contributed by atoms with Gasteiger partial charge in [0.2, 0.25) is 5.91 Å². The third-order valence-corrected chi connectivity index (χ3v) is 4.86. The van der Waals surface area contributed by atoms with Crippen LogP contribution in [0.4, 0.5) is 10.6 Å². The van der Waals surface area contributed by atoms with Crippen LogP contribution in [0, 0.1) is 6.92 Å². The van der Waals surface area contributed by atoms with Gasteiger partial charge in [-0.2, -0.15) is 5.10 Å². The number of H-pyrrole nitrogens is 1. The van der Waals surface area contributed by atoms with Crippen LogP contribution in [0.2, 0.25) is 0 Å². The van der Waals surface area contributed by atoms with Crippen LogP contribution < -0.4 is 10.6 Å². The molecular weight excluding hydrogens is 366 g/mol. The van der Waals surface area contributed by atoms with E-state index >= 15 is 0 Å². The molecule has 3 heterocycles. The van der Waals surface area contributed by atoms with Crippen molar-refractivity contribution >= 4 is 17.8 Å². The second-order valence-electron chi connectivity index (χ2n) is 7.64. The van der Waals surface area contributed by atoms with Crippen molar-refractivity contribution in [3.8, 4) is 0 Å². The molecule has 2 fully saturated rings. The molecule has 0 aromatic carbocycles. The molecule has 28 heavy (non-hydrogen) atoms. The zero-order chi connectivity index (χ0) is 19.7. The number of anilines is 1. The SMILES string of the molecule is Cc1cc(CC(=O)Nc2cc([C@H]3C[C@H](OC(=O)NC4(C)CC4)CO3)[nH]n2)on1. The van der Waals surface area contributed by atoms with E-state index in [2.05, 4.69) is 26.0 Å². The summed E-state index contributed by atoms with van der Waals surface area (Å²) in [7, 11) is 0. The molecule has 150 valence electrons. The molecule has 3 N–H and O–H groups in total. The number of nitrogens with one attached hydrogen (secondary N) is 3. The van der Waals surface area contributed by atoms with Gasteiger partial charge in [0.25, 0.3) is 0 Å². The molecule has 2 aliphatic rings. The number of nitrogens with zero attached hydrogens (tertiary/aromatic N) is 2. The largest absolute Gasteiger partial charge is 0.444 e. The number of ether oxygens (including phenoxy) is 2. The Kier molecular flexibility index (Phi) is 4.80. The molecule has 0 radical (unpaired) electrons. The maximum absolute atomic E-state index is 12.1. The molecular formula is C18H23N5O5. The maximum atomic E-state index is 12.1. The summed E-state index contributed by atoms with van der Waals surface area (Å²) in [4.78, 5) is 24.0. The van der Waals surface area contributed by atoms with E-state index in [0.29, 0.717) is 30.3 Å². The van der Waals surface area contributed by atoms with Crippen LogP contribution in [-0.4, -0.2) is 45.6 Å². The highest BCUT2D eigenvalue weighted by Crippen LogP contribution is 2.35. The number of alkyl carbamates (subject to hydrolysis) is 1. The Balaban J connectivity index is 1.26. The van der Waals surface area contributed by atoms with Crippen molar-refractivity contribution < 1.29 is 23.6 Å². The smallest absolute Gasteiger partial charge is 0.407 e. The van der Waals surface area contributed by atoms with Crippen LogP contribution in [0.3, 0.4) is 0 Å². The number of carbonyl (C=O) groups is 2. The third-order valence-electron chi connectivity index (χ3n) is 4.86. The van der Waals surface area contributed by atoms with E-state index in [9.17, 15) is 9.59 Å². The Hall–Kier alpha value is -2.88. The van der Waals surface area contributed by atoms with Gasteiger partial charge in [-0.3, -0.25) is 9.89 Å². The molecule has 2 aromatic rings. The Morgan fingerprint density at radius 3 is 2.93 bits per heavy atom. The van der Waals surface area contributed by atoms with Crippen molar-refractivity contribution in [3.05, 3.63) is 29.3 Å². The van der Waals surface area contributed by atoms with E-state index < -0.39 is 6.09 Å². The summed E-state index contributed by atoms with van der Waals surface area (Å²) < 4.78 is 16.2. The Bertz CT molecular complexity index is 871. The summed E-state index contributed by atoms with van der Waals surface area (Å²) in [6.45, 7) is 4.10. The number of rotatable bonds is 6. The lowest BCUT2D eigenvalue weighted by molar-refractivity contribution is -0.115. The summed E-state index contributed by atoms with van der Waals surface area (Å²) in [5.41, 5.74) is 1.32. The van der Waals surface area contributed by atoms with E-state index in [-0.39, 0.29) is 30.1 Å². The molecule has 2 amide bonds. The molecule has 0 unspecified atom stereocenters. The quantitative estimate of drug-likeness (QED) is 0.688. The van der Waals surface area contributed by atoms with Crippen molar-refractivity contribution in [1.82, 2.24) is 20.7 Å². The van der Waals surface area contributed by atoms with Crippen molar-refractivity contribution in [1.29, 1.82) is 0 Å². The molecule has 10 nitrogen and oxygen atoms in total. The monoisotopic (exact) mass is 389 g/mol. The molecule has 1 saturated heterocycles. The number of amides is 2. The first-order valence-electron chi connectivity index (χ1n) is 9.26. The first-order valence-corrected chi connectivity index (χ1v) is 9.26. The molecule has 4 rings (SSSR count). The second-order valence-corrected chi connectivity index (χ2v) is 7.64. The van der Waals surface area contributed by atoms with Gasteiger partial charge < -0.3 is 24.6 Å². The fourth-order valence-electron chi connectivity index (χ4n) is 3.05. The molecule has 0 spiro atoms. The summed E-state index contributed by atoms with van der Waals surface area (Å²) in [5.74, 6) is 0.625. The van der Waals surface area contributed by atoms with Gasteiger partial charge in [0.15, 0.2) is 5.82 Å². The molecule has 1 aliphatic heterocycles. The molecule has 0 bridgehead atoms. The van der Waals surface area contributed by atoms with Gasteiger partial charge in [-0.1, -0.05) is 5.16 Å². The van der Waals surface area contributed by atoms with Gasteiger partial charge in [0.1, 0.15) is 18.0 Å². The highest BCUT2D eigenvalue weighted by atomic mass is 16.6. The lowest BCUT2D eigenvalue weighted by Crippen LogP contribution is -2.37. The van der Waals surface area contributed by atoms with Gasteiger partial charge in [0, 0.05) is 24.1 Å².